The van der Waals surface area contributed by atoms with Gasteiger partial charge in [0, 0.05) is 0 Å². The van der Waals surface area contributed by atoms with Crippen molar-refractivity contribution in [3.8, 4) is 6.07 Å². The van der Waals surface area contributed by atoms with E-state index in [0.29, 0.717) is 16.5 Å². The van der Waals surface area contributed by atoms with Gasteiger partial charge in [0.05, 0.1) is 34.1 Å². The normalized spacial score (nSPS) is 26.6. The Labute approximate surface area is 170 Å². The largest absolute Gasteiger partial charge is 0.302 e. The van der Waals surface area contributed by atoms with E-state index < -0.39 is 4.87 Å². The Bertz CT molecular complexity index is 696. The van der Waals surface area contributed by atoms with Gasteiger partial charge in [0.15, 0.2) is 0 Å². The lowest BCUT2D eigenvalue weighted by Crippen LogP contribution is -2.38. The molecule has 2 rings (SSSR count). The summed E-state index contributed by atoms with van der Waals surface area (Å²) in [5.41, 5.74) is 0.862. The third kappa shape index (κ3) is 5.21. The number of carbonyl (C=O) groups is 2. The Hall–Kier alpha value is -1.10. The summed E-state index contributed by atoms with van der Waals surface area (Å²) >= 11 is 16.3. The zero-order valence-corrected chi connectivity index (χ0v) is 17.6. The van der Waals surface area contributed by atoms with Crippen molar-refractivity contribution >= 4 is 48.4 Å². The number of hydrogen-bond acceptors (Lipinski definition) is 6. The fraction of sp³-hybridized carbons (Fsp3) is 0.500. The minimum atomic E-state index is -0.919. The number of halogens is 2. The topological polar surface area (TPSA) is 64.4 Å². The second kappa shape index (κ2) is 9.72. The van der Waals surface area contributed by atoms with E-state index in [2.05, 4.69) is 18.7 Å². The molecule has 0 aromatic heterocycles. The molecule has 1 saturated heterocycles. The van der Waals surface area contributed by atoms with Gasteiger partial charge >= 0.3 is 0 Å². The Morgan fingerprint density at radius 1 is 1.38 bits per heavy atom. The van der Waals surface area contributed by atoms with Crippen LogP contribution < -0.4 is 0 Å². The summed E-state index contributed by atoms with van der Waals surface area (Å²) in [6.45, 7) is 1.85. The monoisotopic (exact) mass is 415 g/mol. The number of rotatable bonds is 4. The molecule has 1 heterocycles. The number of thiol groups is 1. The highest BCUT2D eigenvalue weighted by Gasteiger charge is 2.48. The number of carbonyl (C=O) groups excluding carboxylic acids is 2. The van der Waals surface area contributed by atoms with Crippen LogP contribution in [0.5, 0.6) is 0 Å². The van der Waals surface area contributed by atoms with Gasteiger partial charge in [-0.25, -0.2) is 0 Å². The van der Waals surface area contributed by atoms with Gasteiger partial charge in [0.1, 0.15) is 17.4 Å². The third-order valence-corrected chi connectivity index (χ3v) is 5.92. The molecule has 1 aliphatic rings. The van der Waals surface area contributed by atoms with Crippen LogP contribution in [0.1, 0.15) is 24.9 Å². The molecule has 26 heavy (non-hydrogen) atoms. The summed E-state index contributed by atoms with van der Waals surface area (Å²) in [5, 5.41) is 10.2. The van der Waals surface area contributed by atoms with Crippen LogP contribution in [0.25, 0.3) is 0 Å². The number of nitriles is 1. The molecule has 0 aliphatic carbocycles. The zero-order valence-electron chi connectivity index (χ0n) is 15.2. The highest BCUT2D eigenvalue weighted by molar-refractivity contribution is 7.82. The fourth-order valence-corrected chi connectivity index (χ4v) is 3.24. The van der Waals surface area contributed by atoms with E-state index in [0.717, 1.165) is 18.1 Å². The van der Waals surface area contributed by atoms with Crippen LogP contribution in [0.2, 0.25) is 10.0 Å². The van der Waals surface area contributed by atoms with Crippen molar-refractivity contribution in [1.29, 1.82) is 5.26 Å². The van der Waals surface area contributed by atoms with E-state index in [9.17, 15) is 14.9 Å². The maximum Gasteiger partial charge on any atom is 0.150 e. The molecule has 0 saturated carbocycles. The molecule has 4 unspecified atom stereocenters. The summed E-state index contributed by atoms with van der Waals surface area (Å²) in [5.74, 6) is -0.315. The van der Waals surface area contributed by atoms with Crippen molar-refractivity contribution in [2.75, 3.05) is 21.1 Å². The van der Waals surface area contributed by atoms with E-state index in [-0.39, 0.29) is 18.0 Å². The number of likely N-dealkylation sites (tertiary alicyclic amines) is 1. The predicted octanol–water partition coefficient (Wildman–Crippen LogP) is 3.47. The molecule has 1 aliphatic heterocycles. The lowest BCUT2D eigenvalue weighted by atomic mass is 9.94. The van der Waals surface area contributed by atoms with Crippen molar-refractivity contribution < 1.29 is 9.59 Å². The molecular formula is C18H23Cl2N3O2S. The second-order valence-corrected chi connectivity index (χ2v) is 8.09. The Kier molecular flexibility index (Phi) is 8.58. The van der Waals surface area contributed by atoms with Crippen LogP contribution in [0.15, 0.2) is 18.2 Å². The Morgan fingerprint density at radius 2 is 2.00 bits per heavy atom. The van der Waals surface area contributed by atoms with Crippen LogP contribution in [0.4, 0.5) is 0 Å². The quantitative estimate of drug-likeness (QED) is 0.602. The van der Waals surface area contributed by atoms with Gasteiger partial charge in [-0.05, 0) is 52.2 Å². The zero-order chi connectivity index (χ0) is 20.1. The first kappa shape index (κ1) is 22.9. The van der Waals surface area contributed by atoms with Gasteiger partial charge in [-0.2, -0.15) is 5.26 Å². The average Bonchev–Trinajstić information content (AvgIpc) is 2.88. The van der Waals surface area contributed by atoms with Gasteiger partial charge in [0.25, 0.3) is 0 Å². The van der Waals surface area contributed by atoms with Gasteiger partial charge in [-0.3, -0.25) is 4.90 Å². The molecule has 1 aromatic rings. The lowest BCUT2D eigenvalue weighted by Gasteiger charge is -2.30. The summed E-state index contributed by atoms with van der Waals surface area (Å²) in [4.78, 5) is 23.9. The summed E-state index contributed by atoms with van der Waals surface area (Å²) in [6, 6.07) is 7.33. The molecule has 1 fully saturated rings. The lowest BCUT2D eigenvalue weighted by molar-refractivity contribution is -0.113. The van der Waals surface area contributed by atoms with Crippen LogP contribution in [-0.2, 0) is 9.59 Å². The van der Waals surface area contributed by atoms with Crippen molar-refractivity contribution in [2.24, 2.45) is 5.92 Å². The van der Waals surface area contributed by atoms with Gasteiger partial charge < -0.3 is 14.5 Å². The molecule has 5 nitrogen and oxygen atoms in total. The average molecular weight is 416 g/mol. The first-order chi connectivity index (χ1) is 12.1. The van der Waals surface area contributed by atoms with Crippen LogP contribution in [0.3, 0.4) is 0 Å². The van der Waals surface area contributed by atoms with E-state index in [1.165, 1.54) is 0 Å². The predicted molar refractivity (Wildman–Crippen MR) is 108 cm³/mol. The van der Waals surface area contributed by atoms with Crippen molar-refractivity contribution in [3.63, 3.8) is 0 Å². The minimum absolute atomic E-state index is 0.0556. The first-order valence-electron chi connectivity index (χ1n) is 7.99. The van der Waals surface area contributed by atoms with Crippen molar-refractivity contribution in [3.05, 3.63) is 33.8 Å². The molecule has 1 aromatic carbocycles. The molecular weight excluding hydrogens is 393 g/mol. The minimum Gasteiger partial charge on any atom is -0.302 e. The maximum atomic E-state index is 11.2. The summed E-state index contributed by atoms with van der Waals surface area (Å²) < 4.78 is 0. The molecule has 0 amide bonds. The third-order valence-electron chi connectivity index (χ3n) is 4.58. The molecule has 0 spiro atoms. The smallest absolute Gasteiger partial charge is 0.150 e. The standard InChI is InChI=1S/C13H12Cl2N2OS.C5H11NO/c1-17-12(8-2-3-10(14)11(15)4-8)9(6-16)5-13(17,19)7-18;1-5(4-7)6(2)3/h2-4,7,9,12,19H,5H2,1H3;4-5H,1-3H3. The molecule has 0 N–H and O–H groups in total. The van der Waals surface area contributed by atoms with Gasteiger partial charge in [-0.1, -0.05) is 29.3 Å². The summed E-state index contributed by atoms with van der Waals surface area (Å²) in [6.07, 6.45) is 2.08. The number of benzene rings is 1. The molecule has 8 heteroatoms. The first-order valence-corrected chi connectivity index (χ1v) is 9.19. The van der Waals surface area contributed by atoms with Gasteiger partial charge in [-0.15, -0.1) is 12.6 Å². The van der Waals surface area contributed by atoms with Crippen molar-refractivity contribution in [2.45, 2.75) is 30.3 Å². The van der Waals surface area contributed by atoms with Crippen LogP contribution >= 0.6 is 35.8 Å². The van der Waals surface area contributed by atoms with Crippen molar-refractivity contribution in [1.82, 2.24) is 9.80 Å². The SMILES string of the molecule is CC(C=O)N(C)C.CN1C(c2ccc(Cl)c(Cl)c2)C(C#N)CC1(S)C=O. The van der Waals surface area contributed by atoms with E-state index >= 15 is 0 Å². The van der Waals surface area contributed by atoms with E-state index in [1.807, 2.05) is 32.0 Å². The van der Waals surface area contributed by atoms with Gasteiger partial charge in [0.2, 0.25) is 0 Å². The molecule has 142 valence electrons. The highest BCUT2D eigenvalue weighted by atomic mass is 35.5. The summed E-state index contributed by atoms with van der Waals surface area (Å²) in [7, 11) is 5.53. The van der Waals surface area contributed by atoms with E-state index in [1.54, 1.807) is 24.1 Å². The maximum absolute atomic E-state index is 11.2. The second-order valence-electron chi connectivity index (χ2n) is 6.51. The molecule has 0 radical (unpaired) electrons. The van der Waals surface area contributed by atoms with Crippen LogP contribution in [-0.4, -0.2) is 54.4 Å². The Morgan fingerprint density at radius 3 is 2.38 bits per heavy atom. The number of nitrogens with zero attached hydrogens (tertiary/aromatic N) is 3. The molecule has 0 bridgehead atoms. The Balaban J connectivity index is 0.000000412. The number of aldehydes is 2. The fourth-order valence-electron chi connectivity index (χ4n) is 2.61. The number of hydrogen-bond donors (Lipinski definition) is 1. The van der Waals surface area contributed by atoms with Crippen LogP contribution in [0, 0.1) is 17.2 Å². The highest BCUT2D eigenvalue weighted by Crippen LogP contribution is 2.47. The van der Waals surface area contributed by atoms with E-state index in [4.69, 9.17) is 23.2 Å². The number of likely N-dealkylation sites (N-methyl/N-ethyl adjacent to an activating group) is 2. The molecule has 4 atom stereocenters.